The summed E-state index contributed by atoms with van der Waals surface area (Å²) in [7, 11) is 3.28. The molecule has 0 heterocycles. The van der Waals surface area contributed by atoms with Crippen molar-refractivity contribution in [3.63, 3.8) is 0 Å². The molecule has 20 heavy (non-hydrogen) atoms. The first-order valence-corrected chi connectivity index (χ1v) is 6.70. The molecule has 1 atom stereocenters. The van der Waals surface area contributed by atoms with Crippen molar-refractivity contribution in [1.29, 1.82) is 0 Å². The molecular formula is C14H20ClNO4. The SMILES string of the molecule is CCOc1cc(CN(C)C(C)C(=O)O)cc(Cl)c1OC. The number of methoxy groups -OCH3 is 1. The standard InChI is InChI=1S/C14H20ClNO4/c1-5-20-12-7-10(6-11(15)13(12)19-4)8-16(3)9(2)14(17)18/h6-7,9H,5,8H2,1-4H3,(H,17,18). The lowest BCUT2D eigenvalue weighted by atomic mass is 10.1. The van der Waals surface area contributed by atoms with Crippen LogP contribution in [0.15, 0.2) is 12.1 Å². The second kappa shape index (κ2) is 7.36. The van der Waals surface area contributed by atoms with E-state index in [2.05, 4.69) is 0 Å². The van der Waals surface area contributed by atoms with Crippen LogP contribution in [0.4, 0.5) is 0 Å². The van der Waals surface area contributed by atoms with E-state index in [0.29, 0.717) is 29.7 Å². The molecule has 5 nitrogen and oxygen atoms in total. The third kappa shape index (κ3) is 4.02. The second-order valence-electron chi connectivity index (χ2n) is 4.47. The van der Waals surface area contributed by atoms with Crippen LogP contribution in [0.3, 0.4) is 0 Å². The van der Waals surface area contributed by atoms with Gasteiger partial charge in [0.1, 0.15) is 6.04 Å². The number of likely N-dealkylation sites (N-methyl/N-ethyl adjacent to an activating group) is 1. The highest BCUT2D eigenvalue weighted by atomic mass is 35.5. The molecule has 0 saturated heterocycles. The summed E-state index contributed by atoms with van der Waals surface area (Å²) in [5.41, 5.74) is 0.870. The van der Waals surface area contributed by atoms with Gasteiger partial charge in [-0.1, -0.05) is 11.6 Å². The van der Waals surface area contributed by atoms with E-state index in [0.717, 1.165) is 5.56 Å². The Hall–Kier alpha value is -1.46. The highest BCUT2D eigenvalue weighted by Crippen LogP contribution is 2.36. The van der Waals surface area contributed by atoms with Gasteiger partial charge in [-0.15, -0.1) is 0 Å². The Morgan fingerprint density at radius 1 is 1.50 bits per heavy atom. The Bertz CT molecular complexity index is 478. The predicted octanol–water partition coefficient (Wildman–Crippen LogP) is 2.65. The molecule has 0 aliphatic rings. The van der Waals surface area contributed by atoms with E-state index in [-0.39, 0.29) is 0 Å². The average Bonchev–Trinajstić information content (AvgIpc) is 2.37. The average molecular weight is 302 g/mol. The molecule has 0 fully saturated rings. The summed E-state index contributed by atoms with van der Waals surface area (Å²) in [4.78, 5) is 12.7. The fourth-order valence-corrected chi connectivity index (χ4v) is 2.10. The first kappa shape index (κ1) is 16.6. The molecule has 112 valence electrons. The molecule has 1 unspecified atom stereocenters. The first-order chi connectivity index (χ1) is 9.40. The zero-order valence-electron chi connectivity index (χ0n) is 12.1. The van der Waals surface area contributed by atoms with Gasteiger partial charge < -0.3 is 14.6 Å². The van der Waals surface area contributed by atoms with Crippen LogP contribution in [-0.4, -0.2) is 42.8 Å². The summed E-state index contributed by atoms with van der Waals surface area (Å²) >= 11 is 6.16. The van der Waals surface area contributed by atoms with Gasteiger partial charge in [-0.2, -0.15) is 0 Å². The lowest BCUT2D eigenvalue weighted by Gasteiger charge is -2.22. The van der Waals surface area contributed by atoms with Crippen LogP contribution in [0.1, 0.15) is 19.4 Å². The number of nitrogens with zero attached hydrogens (tertiary/aromatic N) is 1. The number of carbonyl (C=O) groups is 1. The van der Waals surface area contributed by atoms with Gasteiger partial charge in [0.15, 0.2) is 11.5 Å². The third-order valence-corrected chi connectivity index (χ3v) is 3.30. The Labute approximate surface area is 124 Å². The lowest BCUT2D eigenvalue weighted by Crippen LogP contribution is -2.35. The first-order valence-electron chi connectivity index (χ1n) is 6.32. The number of carboxylic acids is 1. The van der Waals surface area contributed by atoms with Crippen molar-refractivity contribution < 1.29 is 19.4 Å². The topological polar surface area (TPSA) is 59.0 Å². The molecule has 1 aromatic carbocycles. The summed E-state index contributed by atoms with van der Waals surface area (Å²) in [6.45, 7) is 4.46. The minimum Gasteiger partial charge on any atom is -0.491 e. The zero-order valence-corrected chi connectivity index (χ0v) is 12.9. The van der Waals surface area contributed by atoms with Crippen molar-refractivity contribution in [1.82, 2.24) is 4.90 Å². The van der Waals surface area contributed by atoms with E-state index in [4.69, 9.17) is 26.2 Å². The number of hydrogen-bond acceptors (Lipinski definition) is 4. The zero-order chi connectivity index (χ0) is 15.3. The van der Waals surface area contributed by atoms with E-state index >= 15 is 0 Å². The molecular weight excluding hydrogens is 282 g/mol. The van der Waals surface area contributed by atoms with E-state index in [1.807, 2.05) is 13.0 Å². The van der Waals surface area contributed by atoms with Gasteiger partial charge in [0.25, 0.3) is 0 Å². The Morgan fingerprint density at radius 2 is 2.15 bits per heavy atom. The van der Waals surface area contributed by atoms with Crippen molar-refractivity contribution in [2.24, 2.45) is 0 Å². The molecule has 0 aliphatic heterocycles. The Balaban J connectivity index is 2.99. The van der Waals surface area contributed by atoms with E-state index in [1.165, 1.54) is 7.11 Å². The summed E-state index contributed by atoms with van der Waals surface area (Å²) in [5.74, 6) is 0.192. The number of hydrogen-bond donors (Lipinski definition) is 1. The van der Waals surface area contributed by atoms with Gasteiger partial charge in [0, 0.05) is 6.54 Å². The van der Waals surface area contributed by atoms with Gasteiger partial charge in [-0.25, -0.2) is 0 Å². The minimum atomic E-state index is -0.864. The van der Waals surface area contributed by atoms with Crippen LogP contribution >= 0.6 is 11.6 Å². The number of rotatable bonds is 7. The highest BCUT2D eigenvalue weighted by molar-refractivity contribution is 6.32. The molecule has 1 N–H and O–H groups in total. The molecule has 0 amide bonds. The van der Waals surface area contributed by atoms with Crippen LogP contribution in [0, 0.1) is 0 Å². The third-order valence-electron chi connectivity index (χ3n) is 3.02. The fraction of sp³-hybridized carbons (Fsp3) is 0.500. The molecule has 1 rings (SSSR count). The number of benzene rings is 1. The maximum absolute atomic E-state index is 11.0. The summed E-state index contributed by atoms with van der Waals surface area (Å²) < 4.78 is 10.7. The molecule has 1 aromatic rings. The largest absolute Gasteiger partial charge is 0.491 e. The van der Waals surface area contributed by atoms with Crippen molar-refractivity contribution in [3.8, 4) is 11.5 Å². The number of aliphatic carboxylic acids is 1. The van der Waals surface area contributed by atoms with Gasteiger partial charge in [-0.3, -0.25) is 9.69 Å². The number of ether oxygens (including phenoxy) is 2. The second-order valence-corrected chi connectivity index (χ2v) is 4.88. The van der Waals surface area contributed by atoms with Crippen LogP contribution < -0.4 is 9.47 Å². The van der Waals surface area contributed by atoms with Crippen molar-refractivity contribution in [2.45, 2.75) is 26.4 Å². The van der Waals surface area contributed by atoms with Gasteiger partial charge in [0.2, 0.25) is 0 Å². The monoisotopic (exact) mass is 301 g/mol. The van der Waals surface area contributed by atoms with Crippen LogP contribution in [0.2, 0.25) is 5.02 Å². The molecule has 0 aliphatic carbocycles. The van der Waals surface area contributed by atoms with Crippen molar-refractivity contribution >= 4 is 17.6 Å². The predicted molar refractivity (Wildman–Crippen MR) is 77.7 cm³/mol. The Morgan fingerprint density at radius 3 is 2.65 bits per heavy atom. The molecule has 0 bridgehead atoms. The molecule has 0 spiro atoms. The smallest absolute Gasteiger partial charge is 0.320 e. The summed E-state index contributed by atoms with van der Waals surface area (Å²) in [5, 5.41) is 9.44. The molecule has 6 heteroatoms. The lowest BCUT2D eigenvalue weighted by molar-refractivity contribution is -0.142. The molecule has 0 saturated carbocycles. The van der Waals surface area contributed by atoms with Crippen LogP contribution in [0.5, 0.6) is 11.5 Å². The van der Waals surface area contributed by atoms with Crippen LogP contribution in [-0.2, 0) is 11.3 Å². The van der Waals surface area contributed by atoms with E-state index in [9.17, 15) is 4.79 Å². The highest BCUT2D eigenvalue weighted by Gasteiger charge is 2.18. The Kier molecular flexibility index (Phi) is 6.10. The van der Waals surface area contributed by atoms with Crippen molar-refractivity contribution in [2.75, 3.05) is 20.8 Å². The normalized spacial score (nSPS) is 12.3. The minimum absolute atomic E-state index is 0.449. The summed E-state index contributed by atoms with van der Waals surface area (Å²) in [6.07, 6.45) is 0. The van der Waals surface area contributed by atoms with Gasteiger partial charge in [-0.05, 0) is 38.6 Å². The fourth-order valence-electron chi connectivity index (χ4n) is 1.79. The molecule has 0 radical (unpaired) electrons. The number of halogens is 1. The van der Waals surface area contributed by atoms with Crippen LogP contribution in [0.25, 0.3) is 0 Å². The van der Waals surface area contributed by atoms with E-state index < -0.39 is 12.0 Å². The van der Waals surface area contributed by atoms with Crippen molar-refractivity contribution in [3.05, 3.63) is 22.7 Å². The van der Waals surface area contributed by atoms with E-state index in [1.54, 1.807) is 24.9 Å². The maximum atomic E-state index is 11.0. The summed E-state index contributed by atoms with van der Waals surface area (Å²) in [6, 6.07) is 3.00. The molecule has 0 aromatic heterocycles. The van der Waals surface area contributed by atoms with Gasteiger partial charge in [0.05, 0.1) is 18.7 Å². The maximum Gasteiger partial charge on any atom is 0.320 e. The number of carboxylic acid groups (broad SMARTS) is 1. The van der Waals surface area contributed by atoms with Gasteiger partial charge >= 0.3 is 5.97 Å². The quantitative estimate of drug-likeness (QED) is 0.839.